The Morgan fingerprint density at radius 1 is 0.920 bits per heavy atom. The Morgan fingerprint density at radius 2 is 1.60 bits per heavy atom. The molecule has 0 aliphatic heterocycles. The van der Waals surface area contributed by atoms with E-state index in [1.54, 1.807) is 21.3 Å². The summed E-state index contributed by atoms with van der Waals surface area (Å²) in [6.45, 7) is 1.54. The van der Waals surface area contributed by atoms with Crippen molar-refractivity contribution in [2.75, 3.05) is 27.9 Å². The monoisotopic (exact) mass is 341 g/mol. The molecule has 0 saturated heterocycles. The molecule has 0 unspecified atom stereocenters. The Balaban J connectivity index is 2.06. The standard InChI is InChI=1S/C20H23NO4/c1-5-10-25-17-9-7-6-8-16(17)14-21-13-15-11-18(22-2)20(24-4)19(12-15)23-3/h1,6-9,11-12,21H,10,13-14H2,2-4H3. The molecule has 0 aliphatic carbocycles. The Labute approximate surface area is 148 Å². The van der Waals surface area contributed by atoms with Crippen LogP contribution in [0.15, 0.2) is 36.4 Å². The number of hydrogen-bond donors (Lipinski definition) is 1. The minimum Gasteiger partial charge on any atom is -0.493 e. The Bertz CT molecular complexity index is 712. The van der Waals surface area contributed by atoms with Crippen molar-refractivity contribution in [3.05, 3.63) is 47.5 Å². The number of ether oxygens (including phenoxy) is 4. The molecule has 0 fully saturated rings. The third-order valence-corrected chi connectivity index (χ3v) is 3.65. The van der Waals surface area contributed by atoms with Crippen LogP contribution in [-0.2, 0) is 13.1 Å². The van der Waals surface area contributed by atoms with Crippen LogP contribution in [-0.4, -0.2) is 27.9 Å². The number of nitrogens with one attached hydrogen (secondary N) is 1. The zero-order valence-electron chi connectivity index (χ0n) is 14.8. The minimum atomic E-state index is 0.254. The van der Waals surface area contributed by atoms with E-state index in [4.69, 9.17) is 25.4 Å². The second-order valence-electron chi connectivity index (χ2n) is 5.24. The topological polar surface area (TPSA) is 49.0 Å². The van der Waals surface area contributed by atoms with Crippen molar-refractivity contribution in [1.82, 2.24) is 5.32 Å². The highest BCUT2D eigenvalue weighted by Gasteiger charge is 2.13. The average molecular weight is 341 g/mol. The SMILES string of the molecule is C#CCOc1ccccc1CNCc1cc(OC)c(OC)c(OC)c1. The quantitative estimate of drug-likeness (QED) is 0.711. The molecular formula is C20H23NO4. The highest BCUT2D eigenvalue weighted by atomic mass is 16.5. The van der Waals surface area contributed by atoms with Crippen molar-refractivity contribution in [3.8, 4) is 35.3 Å². The van der Waals surface area contributed by atoms with Gasteiger partial charge in [0, 0.05) is 18.7 Å². The van der Waals surface area contributed by atoms with Crippen LogP contribution in [0.2, 0.25) is 0 Å². The van der Waals surface area contributed by atoms with Gasteiger partial charge in [-0.15, -0.1) is 6.42 Å². The first-order valence-corrected chi connectivity index (χ1v) is 7.87. The second kappa shape index (κ2) is 9.45. The molecule has 25 heavy (non-hydrogen) atoms. The van der Waals surface area contributed by atoms with E-state index in [0.29, 0.717) is 30.3 Å². The van der Waals surface area contributed by atoms with Crippen LogP contribution in [0.25, 0.3) is 0 Å². The maximum atomic E-state index is 5.56. The lowest BCUT2D eigenvalue weighted by Gasteiger charge is -2.15. The number of hydrogen-bond acceptors (Lipinski definition) is 5. The summed E-state index contributed by atoms with van der Waals surface area (Å²) in [4.78, 5) is 0. The minimum absolute atomic E-state index is 0.254. The van der Waals surface area contributed by atoms with Gasteiger partial charge in [0.15, 0.2) is 11.5 Å². The molecule has 0 atom stereocenters. The zero-order valence-corrected chi connectivity index (χ0v) is 14.8. The molecule has 132 valence electrons. The second-order valence-corrected chi connectivity index (χ2v) is 5.24. The largest absolute Gasteiger partial charge is 0.493 e. The van der Waals surface area contributed by atoms with Crippen molar-refractivity contribution in [3.63, 3.8) is 0 Å². The summed E-state index contributed by atoms with van der Waals surface area (Å²) in [5.74, 6) is 5.12. The van der Waals surface area contributed by atoms with E-state index >= 15 is 0 Å². The first kappa shape index (κ1) is 18.5. The molecule has 0 radical (unpaired) electrons. The van der Waals surface area contributed by atoms with Gasteiger partial charge < -0.3 is 24.3 Å². The number of para-hydroxylation sites is 1. The molecule has 5 heteroatoms. The molecule has 0 spiro atoms. The van der Waals surface area contributed by atoms with E-state index in [-0.39, 0.29) is 6.61 Å². The van der Waals surface area contributed by atoms with Crippen LogP contribution in [0.3, 0.4) is 0 Å². The van der Waals surface area contributed by atoms with Crippen molar-refractivity contribution in [2.24, 2.45) is 0 Å². The lowest BCUT2D eigenvalue weighted by molar-refractivity contribution is 0.323. The van der Waals surface area contributed by atoms with Gasteiger partial charge in [0.2, 0.25) is 5.75 Å². The van der Waals surface area contributed by atoms with Crippen molar-refractivity contribution >= 4 is 0 Å². The highest BCUT2D eigenvalue weighted by molar-refractivity contribution is 5.53. The van der Waals surface area contributed by atoms with E-state index in [2.05, 4.69) is 11.2 Å². The molecule has 2 rings (SSSR count). The molecule has 0 heterocycles. The van der Waals surface area contributed by atoms with Gasteiger partial charge in [0.25, 0.3) is 0 Å². The van der Waals surface area contributed by atoms with Gasteiger partial charge in [-0.1, -0.05) is 24.1 Å². The molecule has 0 amide bonds. The third kappa shape index (κ3) is 4.82. The van der Waals surface area contributed by atoms with E-state index in [1.807, 2.05) is 36.4 Å². The van der Waals surface area contributed by atoms with Crippen LogP contribution in [0, 0.1) is 12.3 Å². The lowest BCUT2D eigenvalue weighted by atomic mass is 10.1. The fourth-order valence-electron chi connectivity index (χ4n) is 2.49. The van der Waals surface area contributed by atoms with Gasteiger partial charge in [0.1, 0.15) is 12.4 Å². The van der Waals surface area contributed by atoms with Crippen LogP contribution < -0.4 is 24.3 Å². The first-order chi connectivity index (χ1) is 12.2. The third-order valence-electron chi connectivity index (χ3n) is 3.65. The van der Waals surface area contributed by atoms with Crippen molar-refractivity contribution < 1.29 is 18.9 Å². The predicted molar refractivity (Wildman–Crippen MR) is 97.4 cm³/mol. The zero-order chi connectivity index (χ0) is 18.1. The molecule has 5 nitrogen and oxygen atoms in total. The summed E-state index contributed by atoms with van der Waals surface area (Å²) in [6, 6.07) is 11.7. The molecular weight excluding hydrogens is 318 g/mol. The van der Waals surface area contributed by atoms with E-state index < -0.39 is 0 Å². The van der Waals surface area contributed by atoms with Crippen molar-refractivity contribution in [1.29, 1.82) is 0 Å². The number of terminal acetylenes is 1. The summed E-state index contributed by atoms with van der Waals surface area (Å²) in [6.07, 6.45) is 5.26. The summed E-state index contributed by atoms with van der Waals surface area (Å²) in [5.41, 5.74) is 2.07. The van der Waals surface area contributed by atoms with Gasteiger partial charge in [0.05, 0.1) is 21.3 Å². The Morgan fingerprint density at radius 3 is 2.20 bits per heavy atom. The number of rotatable bonds is 9. The average Bonchev–Trinajstić information content (AvgIpc) is 2.66. The van der Waals surface area contributed by atoms with Gasteiger partial charge in [-0.2, -0.15) is 0 Å². The van der Waals surface area contributed by atoms with Gasteiger partial charge in [-0.05, 0) is 23.8 Å². The maximum absolute atomic E-state index is 5.56. The maximum Gasteiger partial charge on any atom is 0.203 e. The number of methoxy groups -OCH3 is 3. The summed E-state index contributed by atoms with van der Waals surface area (Å²) < 4.78 is 21.6. The fraction of sp³-hybridized carbons (Fsp3) is 0.300. The predicted octanol–water partition coefficient (Wildman–Crippen LogP) is 3.01. The Kier molecular flexibility index (Phi) is 7.00. The fourth-order valence-corrected chi connectivity index (χ4v) is 2.49. The first-order valence-electron chi connectivity index (χ1n) is 7.87. The normalized spacial score (nSPS) is 10.0. The van der Waals surface area contributed by atoms with E-state index in [0.717, 1.165) is 16.9 Å². The molecule has 2 aromatic rings. The molecule has 0 saturated carbocycles. The van der Waals surface area contributed by atoms with Gasteiger partial charge in [-0.25, -0.2) is 0 Å². The molecule has 2 aromatic carbocycles. The van der Waals surface area contributed by atoms with E-state index in [9.17, 15) is 0 Å². The number of benzene rings is 2. The van der Waals surface area contributed by atoms with Crippen LogP contribution in [0.4, 0.5) is 0 Å². The molecule has 1 N–H and O–H groups in total. The summed E-state index contributed by atoms with van der Waals surface area (Å²) in [5, 5.41) is 3.39. The summed E-state index contributed by atoms with van der Waals surface area (Å²) in [7, 11) is 4.80. The highest BCUT2D eigenvalue weighted by Crippen LogP contribution is 2.38. The Hall–Kier alpha value is -2.84. The van der Waals surface area contributed by atoms with Crippen molar-refractivity contribution in [2.45, 2.75) is 13.1 Å². The lowest BCUT2D eigenvalue weighted by Crippen LogP contribution is -2.14. The van der Waals surface area contributed by atoms with Crippen LogP contribution in [0.1, 0.15) is 11.1 Å². The molecule has 0 aromatic heterocycles. The van der Waals surface area contributed by atoms with Crippen LogP contribution in [0.5, 0.6) is 23.0 Å². The summed E-state index contributed by atoms with van der Waals surface area (Å²) >= 11 is 0. The molecule has 0 aliphatic rings. The van der Waals surface area contributed by atoms with E-state index in [1.165, 1.54) is 0 Å². The van der Waals surface area contributed by atoms with Gasteiger partial charge in [-0.3, -0.25) is 0 Å². The molecule has 0 bridgehead atoms. The van der Waals surface area contributed by atoms with Gasteiger partial charge >= 0.3 is 0 Å². The smallest absolute Gasteiger partial charge is 0.203 e. The van der Waals surface area contributed by atoms with Crippen LogP contribution >= 0.6 is 0 Å².